The van der Waals surface area contributed by atoms with Gasteiger partial charge < -0.3 is 20.1 Å². The van der Waals surface area contributed by atoms with Gasteiger partial charge in [0.1, 0.15) is 0 Å². The van der Waals surface area contributed by atoms with E-state index in [2.05, 4.69) is 106 Å². The van der Waals surface area contributed by atoms with Crippen LogP contribution in [-0.4, -0.2) is 32.7 Å². The largest absolute Gasteiger partial charge is 0.385 e. The molecular weight excluding hydrogens is 450 g/mol. The maximum absolute atomic E-state index is 5.87. The third-order valence-corrected chi connectivity index (χ3v) is 7.08. The van der Waals surface area contributed by atoms with E-state index in [0.717, 1.165) is 41.7 Å². The Hall–Kier alpha value is -3.64. The molecule has 3 heterocycles. The van der Waals surface area contributed by atoms with E-state index in [-0.39, 0.29) is 12.1 Å². The molecule has 1 aliphatic rings. The quantitative estimate of drug-likeness (QED) is 0.240. The van der Waals surface area contributed by atoms with Gasteiger partial charge >= 0.3 is 0 Å². The summed E-state index contributed by atoms with van der Waals surface area (Å²) in [5.74, 6) is 0. The number of nitrogens with one attached hydrogen (secondary N) is 2. The van der Waals surface area contributed by atoms with Crippen LogP contribution in [0.15, 0.2) is 91.3 Å². The number of aromatic nitrogens is 2. The summed E-state index contributed by atoms with van der Waals surface area (Å²) in [5, 5.41) is 7.87. The van der Waals surface area contributed by atoms with E-state index in [0.29, 0.717) is 0 Å². The molecule has 1 saturated heterocycles. The van der Waals surface area contributed by atoms with Crippen LogP contribution < -0.4 is 10.6 Å². The topological polar surface area (TPSA) is 45.1 Å². The van der Waals surface area contributed by atoms with Crippen LogP contribution in [0.25, 0.3) is 5.69 Å². The summed E-state index contributed by atoms with van der Waals surface area (Å²) >= 11 is 5.87. The first-order valence-corrected chi connectivity index (χ1v) is 12.5. The molecule has 2 aromatic heterocycles. The summed E-state index contributed by atoms with van der Waals surface area (Å²) in [5.41, 5.74) is 7.08. The zero-order valence-electron chi connectivity index (χ0n) is 20.2. The monoisotopic (exact) mass is 481 g/mol. The number of anilines is 1. The van der Waals surface area contributed by atoms with Gasteiger partial charge in [-0.15, -0.1) is 0 Å². The van der Waals surface area contributed by atoms with Crippen LogP contribution in [0.1, 0.15) is 41.0 Å². The molecule has 2 aromatic carbocycles. The Balaban J connectivity index is 1.44. The SMILES string of the molecule is Cc1ccc(-n2cccc2[C@H]2[C@@H](c3ccccn3)NC(=S)N2CCCNc2ccccc2)cc1C. The lowest BCUT2D eigenvalue weighted by Crippen LogP contribution is -2.32. The molecule has 2 atom stereocenters. The van der Waals surface area contributed by atoms with E-state index in [1.165, 1.54) is 16.8 Å². The number of hydrogen-bond acceptors (Lipinski definition) is 3. The van der Waals surface area contributed by atoms with Crippen molar-refractivity contribution in [3.8, 4) is 5.69 Å². The lowest BCUT2D eigenvalue weighted by atomic mass is 10.0. The molecule has 35 heavy (non-hydrogen) atoms. The third kappa shape index (κ3) is 4.93. The number of nitrogens with zero attached hydrogens (tertiary/aromatic N) is 3. The summed E-state index contributed by atoms with van der Waals surface area (Å²) in [7, 11) is 0. The van der Waals surface area contributed by atoms with Gasteiger partial charge in [0.2, 0.25) is 0 Å². The van der Waals surface area contributed by atoms with Gasteiger partial charge in [-0.05, 0) is 92.1 Å². The Bertz CT molecular complexity index is 1280. The normalized spacial score (nSPS) is 17.4. The maximum Gasteiger partial charge on any atom is 0.170 e. The minimum absolute atomic E-state index is 0.0222. The van der Waals surface area contributed by atoms with Crippen LogP contribution >= 0.6 is 12.2 Å². The fraction of sp³-hybridized carbons (Fsp3) is 0.241. The fourth-order valence-corrected chi connectivity index (χ4v) is 5.08. The number of pyridine rings is 1. The van der Waals surface area contributed by atoms with E-state index in [1.54, 1.807) is 0 Å². The van der Waals surface area contributed by atoms with Gasteiger partial charge in [-0.25, -0.2) is 0 Å². The van der Waals surface area contributed by atoms with Crippen molar-refractivity contribution in [3.05, 3.63) is 114 Å². The van der Waals surface area contributed by atoms with Crippen molar-refractivity contribution in [2.24, 2.45) is 0 Å². The summed E-state index contributed by atoms with van der Waals surface area (Å²) in [6.07, 6.45) is 4.96. The average Bonchev–Trinajstić information content (AvgIpc) is 3.49. The number of hydrogen-bond donors (Lipinski definition) is 2. The van der Waals surface area contributed by atoms with E-state index in [4.69, 9.17) is 12.2 Å². The van der Waals surface area contributed by atoms with E-state index < -0.39 is 0 Å². The van der Waals surface area contributed by atoms with Gasteiger partial charge in [-0.1, -0.05) is 30.3 Å². The average molecular weight is 482 g/mol. The predicted molar refractivity (Wildman–Crippen MR) is 147 cm³/mol. The first-order valence-electron chi connectivity index (χ1n) is 12.1. The van der Waals surface area contributed by atoms with Gasteiger partial charge in [-0.2, -0.15) is 0 Å². The first-order chi connectivity index (χ1) is 17.1. The molecule has 2 N–H and O–H groups in total. The lowest BCUT2D eigenvalue weighted by molar-refractivity contribution is 0.307. The summed E-state index contributed by atoms with van der Waals surface area (Å²) in [6, 6.07) is 27.4. The second-order valence-corrected chi connectivity index (χ2v) is 9.42. The van der Waals surface area contributed by atoms with Crippen LogP contribution in [0.5, 0.6) is 0 Å². The van der Waals surface area contributed by atoms with E-state index >= 15 is 0 Å². The molecule has 0 spiro atoms. The third-order valence-electron chi connectivity index (χ3n) is 6.73. The van der Waals surface area contributed by atoms with Crippen LogP contribution in [0.3, 0.4) is 0 Å². The Kier molecular flexibility index (Phi) is 6.82. The van der Waals surface area contributed by atoms with Crippen molar-refractivity contribution in [1.29, 1.82) is 0 Å². The summed E-state index contributed by atoms with van der Waals surface area (Å²) < 4.78 is 2.29. The Morgan fingerprint density at radius 2 is 1.77 bits per heavy atom. The minimum Gasteiger partial charge on any atom is -0.385 e. The zero-order valence-corrected chi connectivity index (χ0v) is 21.0. The highest BCUT2D eigenvalue weighted by molar-refractivity contribution is 7.80. The lowest BCUT2D eigenvalue weighted by Gasteiger charge is -2.29. The van der Waals surface area contributed by atoms with Gasteiger partial charge in [0, 0.05) is 42.6 Å². The van der Waals surface area contributed by atoms with Crippen molar-refractivity contribution >= 4 is 23.0 Å². The summed E-state index contributed by atoms with van der Waals surface area (Å²) in [4.78, 5) is 7.01. The van der Waals surface area contributed by atoms with Crippen molar-refractivity contribution in [2.45, 2.75) is 32.4 Å². The number of para-hydroxylation sites is 1. The predicted octanol–water partition coefficient (Wildman–Crippen LogP) is 5.96. The molecule has 1 fully saturated rings. The summed E-state index contributed by atoms with van der Waals surface area (Å²) in [6.45, 7) is 6.04. The Morgan fingerprint density at radius 1 is 0.943 bits per heavy atom. The highest BCUT2D eigenvalue weighted by Gasteiger charge is 2.40. The number of aryl methyl sites for hydroxylation is 2. The van der Waals surface area contributed by atoms with Crippen molar-refractivity contribution in [1.82, 2.24) is 19.8 Å². The second-order valence-electron chi connectivity index (χ2n) is 9.04. The number of benzene rings is 2. The van der Waals surface area contributed by atoms with E-state index in [1.807, 2.05) is 24.4 Å². The van der Waals surface area contributed by atoms with Gasteiger partial charge in [0.25, 0.3) is 0 Å². The van der Waals surface area contributed by atoms with E-state index in [9.17, 15) is 0 Å². The second kappa shape index (κ2) is 10.3. The highest BCUT2D eigenvalue weighted by atomic mass is 32.1. The molecule has 0 saturated carbocycles. The smallest absolute Gasteiger partial charge is 0.170 e. The Morgan fingerprint density at radius 3 is 2.54 bits per heavy atom. The zero-order chi connectivity index (χ0) is 24.2. The van der Waals surface area contributed by atoms with Crippen molar-refractivity contribution in [2.75, 3.05) is 18.4 Å². The van der Waals surface area contributed by atoms with Crippen LogP contribution in [0, 0.1) is 13.8 Å². The molecular formula is C29H31N5S. The number of rotatable bonds is 8. The Labute approximate surface area is 212 Å². The maximum atomic E-state index is 5.87. The molecule has 0 aliphatic carbocycles. The van der Waals surface area contributed by atoms with Crippen LogP contribution in [-0.2, 0) is 0 Å². The fourth-order valence-electron chi connectivity index (χ4n) is 4.75. The molecule has 6 heteroatoms. The van der Waals surface area contributed by atoms with Crippen LogP contribution in [0.2, 0.25) is 0 Å². The van der Waals surface area contributed by atoms with Crippen molar-refractivity contribution < 1.29 is 0 Å². The number of thiocarbonyl (C=S) groups is 1. The van der Waals surface area contributed by atoms with Gasteiger partial charge in [0.05, 0.1) is 17.8 Å². The highest BCUT2D eigenvalue weighted by Crippen LogP contribution is 2.39. The van der Waals surface area contributed by atoms with Gasteiger partial charge in [0.15, 0.2) is 5.11 Å². The molecule has 4 aromatic rings. The van der Waals surface area contributed by atoms with Crippen LogP contribution in [0.4, 0.5) is 5.69 Å². The molecule has 0 unspecified atom stereocenters. The molecule has 0 amide bonds. The molecule has 5 rings (SSSR count). The molecule has 5 nitrogen and oxygen atoms in total. The standard InChI is InChI=1S/C29H31N5S/c1-21-14-15-24(20-22(21)2)33-18-8-13-26(33)28-27(25-12-6-7-16-31-25)32-29(35)34(28)19-9-17-30-23-10-4-3-5-11-23/h3-8,10-16,18,20,27-28,30H,9,17,19H2,1-2H3,(H,32,35)/t27-,28+/m1/s1. The molecule has 0 bridgehead atoms. The first kappa shape index (κ1) is 23.1. The minimum atomic E-state index is -0.0222. The van der Waals surface area contributed by atoms with Crippen molar-refractivity contribution in [3.63, 3.8) is 0 Å². The molecule has 0 radical (unpaired) electrons. The van der Waals surface area contributed by atoms with Gasteiger partial charge in [-0.3, -0.25) is 4.98 Å². The molecule has 178 valence electrons. The molecule has 1 aliphatic heterocycles.